The highest BCUT2D eigenvalue weighted by molar-refractivity contribution is 7.07. The minimum atomic E-state index is -0.364. The number of nitrogens with zero attached hydrogens (tertiary/aromatic N) is 2. The predicted octanol–water partition coefficient (Wildman–Crippen LogP) is 1.98. The fourth-order valence-corrected chi connectivity index (χ4v) is 3.21. The number of carbonyl (C=O) groups excluding carboxylic acids is 2. The predicted molar refractivity (Wildman–Crippen MR) is 79.9 cm³/mol. The lowest BCUT2D eigenvalue weighted by atomic mass is 10.00. The second-order valence-corrected chi connectivity index (χ2v) is 5.88. The Morgan fingerprint density at radius 3 is 2.77 bits per heavy atom. The molecule has 1 aliphatic rings. The van der Waals surface area contributed by atoms with Crippen molar-refractivity contribution in [3.63, 3.8) is 0 Å². The summed E-state index contributed by atoms with van der Waals surface area (Å²) < 4.78 is 13.1. The van der Waals surface area contributed by atoms with Gasteiger partial charge in [-0.15, -0.1) is 11.3 Å². The molecule has 1 saturated heterocycles. The number of nitrogens with one attached hydrogen (secondary N) is 1. The van der Waals surface area contributed by atoms with Crippen LogP contribution in [0.15, 0.2) is 35.2 Å². The smallest absolute Gasteiger partial charge is 0.271 e. The summed E-state index contributed by atoms with van der Waals surface area (Å²) in [6, 6.07) is 5.30. The van der Waals surface area contributed by atoms with E-state index in [2.05, 4.69) is 10.3 Å². The van der Waals surface area contributed by atoms with Crippen molar-refractivity contribution in [3.05, 3.63) is 52.2 Å². The fourth-order valence-electron chi connectivity index (χ4n) is 2.68. The first kappa shape index (κ1) is 14.6. The Hall–Kier alpha value is -2.28. The number of likely N-dealkylation sites (N-methyl/N-ethyl adjacent to an activating group) is 1. The van der Waals surface area contributed by atoms with Crippen LogP contribution in [0, 0.1) is 5.82 Å². The highest BCUT2D eigenvalue weighted by Crippen LogP contribution is 2.32. The molecule has 2 heterocycles. The summed E-state index contributed by atoms with van der Waals surface area (Å²) in [5.41, 5.74) is 2.71. The van der Waals surface area contributed by atoms with Crippen LogP contribution >= 0.6 is 11.3 Å². The third-order valence-electron chi connectivity index (χ3n) is 3.78. The van der Waals surface area contributed by atoms with Gasteiger partial charge in [-0.25, -0.2) is 9.37 Å². The minimum absolute atomic E-state index is 0.0575. The molecular weight excluding hydrogens is 305 g/mol. The molecule has 114 valence electrons. The van der Waals surface area contributed by atoms with Crippen LogP contribution in [-0.2, 0) is 4.79 Å². The average molecular weight is 319 g/mol. The first-order valence-corrected chi connectivity index (χ1v) is 7.70. The van der Waals surface area contributed by atoms with Gasteiger partial charge in [0.05, 0.1) is 17.6 Å². The molecule has 1 aromatic heterocycles. The molecule has 3 rings (SSSR count). The van der Waals surface area contributed by atoms with E-state index in [4.69, 9.17) is 0 Å². The SMILES string of the molecule is CN1C(=O)C[C@H](NC(=O)c2cscn2)[C@@H]1c1ccc(F)cc1. The molecule has 0 bridgehead atoms. The maximum absolute atomic E-state index is 13.1. The molecule has 22 heavy (non-hydrogen) atoms. The van der Waals surface area contributed by atoms with E-state index in [9.17, 15) is 14.0 Å². The Kier molecular flexibility index (Phi) is 3.89. The molecule has 0 radical (unpaired) electrons. The fraction of sp³-hybridized carbons (Fsp3) is 0.267. The zero-order valence-electron chi connectivity index (χ0n) is 11.8. The van der Waals surface area contributed by atoms with E-state index in [0.29, 0.717) is 5.69 Å². The van der Waals surface area contributed by atoms with Crippen molar-refractivity contribution in [3.8, 4) is 0 Å². The van der Waals surface area contributed by atoms with E-state index in [1.807, 2.05) is 0 Å². The largest absolute Gasteiger partial charge is 0.345 e. The number of rotatable bonds is 3. The van der Waals surface area contributed by atoms with Gasteiger partial charge in [0.15, 0.2) is 0 Å². The van der Waals surface area contributed by atoms with Gasteiger partial charge in [0, 0.05) is 18.8 Å². The van der Waals surface area contributed by atoms with Gasteiger partial charge in [-0.05, 0) is 17.7 Å². The Morgan fingerprint density at radius 1 is 1.41 bits per heavy atom. The lowest BCUT2D eigenvalue weighted by Gasteiger charge is -2.25. The van der Waals surface area contributed by atoms with Crippen LogP contribution < -0.4 is 5.32 Å². The minimum Gasteiger partial charge on any atom is -0.345 e. The highest BCUT2D eigenvalue weighted by Gasteiger charge is 2.39. The third-order valence-corrected chi connectivity index (χ3v) is 4.37. The van der Waals surface area contributed by atoms with Gasteiger partial charge in [0.25, 0.3) is 5.91 Å². The number of halogens is 1. The van der Waals surface area contributed by atoms with E-state index in [0.717, 1.165) is 5.56 Å². The van der Waals surface area contributed by atoms with Crippen molar-refractivity contribution < 1.29 is 14.0 Å². The molecule has 1 fully saturated rings. The molecule has 2 amide bonds. The van der Waals surface area contributed by atoms with E-state index < -0.39 is 0 Å². The molecule has 1 N–H and O–H groups in total. The van der Waals surface area contributed by atoms with Gasteiger partial charge in [-0.1, -0.05) is 12.1 Å². The average Bonchev–Trinajstić information content (AvgIpc) is 3.11. The van der Waals surface area contributed by atoms with Crippen molar-refractivity contribution >= 4 is 23.2 Å². The summed E-state index contributed by atoms with van der Waals surface area (Å²) in [5, 5.41) is 4.51. The van der Waals surface area contributed by atoms with E-state index in [1.165, 1.54) is 23.5 Å². The Bertz CT molecular complexity index is 687. The number of hydrogen-bond donors (Lipinski definition) is 1. The van der Waals surface area contributed by atoms with Crippen molar-refractivity contribution in [2.24, 2.45) is 0 Å². The standard InChI is InChI=1S/C15H14FN3O2S/c1-19-13(20)6-11(18-15(21)12-7-22-8-17-12)14(19)9-2-4-10(16)5-3-9/h2-5,7-8,11,14H,6H2,1H3,(H,18,21)/t11-,14-/m0/s1. The van der Waals surface area contributed by atoms with Gasteiger partial charge < -0.3 is 10.2 Å². The van der Waals surface area contributed by atoms with E-state index >= 15 is 0 Å². The van der Waals surface area contributed by atoms with Crippen LogP contribution in [0.25, 0.3) is 0 Å². The molecule has 0 aliphatic carbocycles. The topological polar surface area (TPSA) is 62.3 Å². The number of benzene rings is 1. The molecule has 0 saturated carbocycles. The maximum atomic E-state index is 13.1. The summed E-state index contributed by atoms with van der Waals surface area (Å²) >= 11 is 1.33. The Balaban J connectivity index is 1.83. The summed E-state index contributed by atoms with van der Waals surface area (Å²) in [5.74, 6) is -0.696. The Morgan fingerprint density at radius 2 is 2.14 bits per heavy atom. The lowest BCUT2D eigenvalue weighted by Crippen LogP contribution is -2.39. The highest BCUT2D eigenvalue weighted by atomic mass is 32.1. The first-order valence-electron chi connectivity index (χ1n) is 6.76. The van der Waals surface area contributed by atoms with Crippen molar-refractivity contribution in [2.45, 2.75) is 18.5 Å². The molecule has 1 aromatic carbocycles. The summed E-state index contributed by atoms with van der Waals surface area (Å²) in [6.07, 6.45) is 0.217. The lowest BCUT2D eigenvalue weighted by molar-refractivity contribution is -0.127. The number of likely N-dealkylation sites (tertiary alicyclic amines) is 1. The van der Waals surface area contributed by atoms with Crippen molar-refractivity contribution in [1.29, 1.82) is 0 Å². The van der Waals surface area contributed by atoms with Gasteiger partial charge >= 0.3 is 0 Å². The van der Waals surface area contributed by atoms with Crippen LogP contribution in [-0.4, -0.2) is 34.8 Å². The van der Waals surface area contributed by atoms with Gasteiger partial charge in [0.2, 0.25) is 5.91 Å². The second kappa shape index (κ2) is 5.84. The monoisotopic (exact) mass is 319 g/mol. The van der Waals surface area contributed by atoms with Crippen molar-refractivity contribution in [1.82, 2.24) is 15.2 Å². The molecule has 0 unspecified atom stereocenters. The van der Waals surface area contributed by atoms with Gasteiger partial charge in [-0.3, -0.25) is 9.59 Å². The zero-order chi connectivity index (χ0) is 15.7. The molecular formula is C15H14FN3O2S. The maximum Gasteiger partial charge on any atom is 0.271 e. The van der Waals surface area contributed by atoms with E-state index in [1.54, 1.807) is 35.0 Å². The molecule has 1 aliphatic heterocycles. The number of aromatic nitrogens is 1. The molecule has 0 spiro atoms. The van der Waals surface area contributed by atoms with Crippen LogP contribution in [0.3, 0.4) is 0 Å². The van der Waals surface area contributed by atoms with E-state index in [-0.39, 0.29) is 36.1 Å². The van der Waals surface area contributed by atoms with Crippen LogP contribution in [0.5, 0.6) is 0 Å². The quantitative estimate of drug-likeness (QED) is 0.941. The second-order valence-electron chi connectivity index (χ2n) is 5.16. The molecule has 2 aromatic rings. The van der Waals surface area contributed by atoms with Crippen LogP contribution in [0.1, 0.15) is 28.5 Å². The third kappa shape index (κ3) is 2.71. The number of amides is 2. The Labute approximate surface area is 130 Å². The summed E-state index contributed by atoms with van der Waals surface area (Å²) in [4.78, 5) is 29.7. The van der Waals surface area contributed by atoms with Gasteiger partial charge in [0.1, 0.15) is 11.5 Å². The van der Waals surface area contributed by atoms with Gasteiger partial charge in [-0.2, -0.15) is 0 Å². The molecule has 2 atom stereocenters. The summed E-state index contributed by atoms with van der Waals surface area (Å²) in [6.45, 7) is 0. The summed E-state index contributed by atoms with van der Waals surface area (Å²) in [7, 11) is 1.69. The van der Waals surface area contributed by atoms with Crippen LogP contribution in [0.4, 0.5) is 4.39 Å². The molecule has 7 heteroatoms. The number of thiazole rings is 1. The molecule has 5 nitrogen and oxygen atoms in total. The zero-order valence-corrected chi connectivity index (χ0v) is 12.6. The first-order chi connectivity index (χ1) is 10.6. The normalized spacial score (nSPS) is 21.2. The van der Waals surface area contributed by atoms with Crippen molar-refractivity contribution in [2.75, 3.05) is 7.05 Å². The number of hydrogen-bond acceptors (Lipinski definition) is 4. The van der Waals surface area contributed by atoms with Crippen LogP contribution in [0.2, 0.25) is 0 Å². The number of carbonyl (C=O) groups is 2.